The molecule has 0 N–H and O–H groups in total. The van der Waals surface area contributed by atoms with Crippen molar-refractivity contribution in [2.45, 2.75) is 12.1 Å². The maximum atomic E-state index is 12.8. The number of carbonyl (C=O) groups is 1. The third-order valence-electron chi connectivity index (χ3n) is 2.43. The number of benzene rings is 1. The van der Waals surface area contributed by atoms with E-state index in [1.54, 1.807) is 0 Å². The molecule has 2 rings (SSSR count). The van der Waals surface area contributed by atoms with Crippen molar-refractivity contribution in [1.82, 2.24) is 0 Å². The van der Waals surface area contributed by atoms with E-state index in [9.17, 15) is 31.5 Å². The largest absolute Gasteiger partial charge is 0.465 e. The SMILES string of the molecule is O=C(Oc1cc(=O)oc2ccccc12)C(F)(F)C(F)(F)F. The minimum absolute atomic E-state index is 0.0941. The summed E-state index contributed by atoms with van der Waals surface area (Å²) in [5, 5.41) is -0.0941. The molecule has 21 heavy (non-hydrogen) atoms. The molecule has 1 heterocycles. The molecule has 9 heteroatoms. The molecule has 1 aromatic carbocycles. The molecule has 0 bridgehead atoms. The van der Waals surface area contributed by atoms with Gasteiger partial charge in [-0.25, -0.2) is 9.59 Å². The molecule has 2 aromatic rings. The van der Waals surface area contributed by atoms with Crippen LogP contribution in [0.15, 0.2) is 39.5 Å². The van der Waals surface area contributed by atoms with E-state index in [1.165, 1.54) is 24.3 Å². The highest BCUT2D eigenvalue weighted by Crippen LogP contribution is 2.37. The molecule has 0 unspecified atom stereocenters. The smallest absolute Gasteiger partial charge is 0.422 e. The van der Waals surface area contributed by atoms with Crippen molar-refractivity contribution < 1.29 is 35.9 Å². The fraction of sp³-hybridized carbons (Fsp3) is 0.167. The predicted molar refractivity (Wildman–Crippen MR) is 59.1 cm³/mol. The first-order chi connectivity index (χ1) is 9.63. The molecular formula is C12H5F5O4. The van der Waals surface area contributed by atoms with Gasteiger partial charge in [0.15, 0.2) is 0 Å². The van der Waals surface area contributed by atoms with Crippen molar-refractivity contribution in [3.63, 3.8) is 0 Å². The molecule has 0 aliphatic heterocycles. The highest BCUT2D eigenvalue weighted by atomic mass is 19.4. The van der Waals surface area contributed by atoms with Crippen molar-refractivity contribution in [2.24, 2.45) is 0 Å². The summed E-state index contributed by atoms with van der Waals surface area (Å²) in [5.41, 5.74) is -1.19. The summed E-state index contributed by atoms with van der Waals surface area (Å²) in [6, 6.07) is 5.82. The zero-order valence-corrected chi connectivity index (χ0v) is 9.91. The van der Waals surface area contributed by atoms with Gasteiger partial charge >= 0.3 is 23.7 Å². The van der Waals surface area contributed by atoms with E-state index < -0.39 is 29.4 Å². The van der Waals surface area contributed by atoms with Gasteiger partial charge in [-0.05, 0) is 12.1 Å². The van der Waals surface area contributed by atoms with Gasteiger partial charge in [0.25, 0.3) is 0 Å². The molecule has 0 amide bonds. The fourth-order valence-corrected chi connectivity index (χ4v) is 1.45. The van der Waals surface area contributed by atoms with Crippen molar-refractivity contribution in [3.8, 4) is 5.75 Å². The first-order valence-corrected chi connectivity index (χ1v) is 5.32. The Balaban J connectivity index is 2.45. The quantitative estimate of drug-likeness (QED) is 0.486. The first-order valence-electron chi connectivity index (χ1n) is 5.32. The topological polar surface area (TPSA) is 56.5 Å². The summed E-state index contributed by atoms with van der Waals surface area (Å²) in [7, 11) is 0. The van der Waals surface area contributed by atoms with Crippen molar-refractivity contribution >= 4 is 16.9 Å². The number of hydrogen-bond acceptors (Lipinski definition) is 4. The van der Waals surface area contributed by atoms with Crippen LogP contribution >= 0.6 is 0 Å². The maximum absolute atomic E-state index is 12.8. The van der Waals surface area contributed by atoms with E-state index >= 15 is 0 Å². The van der Waals surface area contributed by atoms with E-state index in [1.807, 2.05) is 0 Å². The van der Waals surface area contributed by atoms with E-state index in [-0.39, 0.29) is 11.0 Å². The number of fused-ring (bicyclic) bond motifs is 1. The van der Waals surface area contributed by atoms with Crippen LogP contribution in [0.3, 0.4) is 0 Å². The van der Waals surface area contributed by atoms with E-state index in [0.717, 1.165) is 0 Å². The second-order valence-electron chi connectivity index (χ2n) is 3.89. The Hall–Kier alpha value is -2.45. The Labute approximate surface area is 112 Å². The molecule has 0 atom stereocenters. The number of esters is 1. The van der Waals surface area contributed by atoms with Crippen LogP contribution in [0.2, 0.25) is 0 Å². The molecule has 0 aliphatic carbocycles. The maximum Gasteiger partial charge on any atom is 0.465 e. The van der Waals surface area contributed by atoms with Gasteiger partial charge in [0.05, 0.1) is 11.5 Å². The van der Waals surface area contributed by atoms with Crippen molar-refractivity contribution in [2.75, 3.05) is 0 Å². The molecule has 0 saturated carbocycles. The van der Waals surface area contributed by atoms with Gasteiger partial charge in [0.1, 0.15) is 11.3 Å². The zero-order chi connectivity index (χ0) is 15.8. The normalized spacial score (nSPS) is 12.4. The summed E-state index contributed by atoms with van der Waals surface area (Å²) >= 11 is 0. The van der Waals surface area contributed by atoms with Gasteiger partial charge in [0, 0.05) is 0 Å². The molecule has 0 spiro atoms. The number of hydrogen-bond donors (Lipinski definition) is 0. The zero-order valence-electron chi connectivity index (χ0n) is 9.91. The molecule has 0 radical (unpaired) electrons. The molecule has 4 nitrogen and oxygen atoms in total. The summed E-state index contributed by atoms with van der Waals surface area (Å²) < 4.78 is 70.5. The molecular weight excluding hydrogens is 303 g/mol. The van der Waals surface area contributed by atoms with E-state index in [4.69, 9.17) is 0 Å². The van der Waals surface area contributed by atoms with Crippen LogP contribution in [0.4, 0.5) is 22.0 Å². The van der Waals surface area contributed by atoms with Gasteiger partial charge < -0.3 is 9.15 Å². The molecule has 1 aromatic heterocycles. The van der Waals surface area contributed by atoms with Crippen LogP contribution in [0.25, 0.3) is 11.0 Å². The Morgan fingerprint density at radius 2 is 1.71 bits per heavy atom. The average Bonchev–Trinajstić information content (AvgIpc) is 2.37. The number of carbonyl (C=O) groups excluding carboxylic acids is 1. The molecule has 0 saturated heterocycles. The van der Waals surface area contributed by atoms with Crippen LogP contribution in [0, 0.1) is 0 Å². The van der Waals surface area contributed by atoms with Gasteiger partial charge in [-0.2, -0.15) is 22.0 Å². The van der Waals surface area contributed by atoms with Crippen molar-refractivity contribution in [1.29, 1.82) is 0 Å². The van der Waals surface area contributed by atoms with Crippen LogP contribution in [0.1, 0.15) is 0 Å². The Morgan fingerprint density at radius 1 is 1.10 bits per heavy atom. The molecule has 0 fully saturated rings. The number of halogens is 5. The molecule has 112 valence electrons. The van der Waals surface area contributed by atoms with Crippen LogP contribution in [-0.2, 0) is 4.79 Å². The van der Waals surface area contributed by atoms with Gasteiger partial charge in [0.2, 0.25) is 0 Å². The minimum Gasteiger partial charge on any atom is -0.422 e. The first kappa shape index (κ1) is 14.9. The fourth-order valence-electron chi connectivity index (χ4n) is 1.45. The third-order valence-corrected chi connectivity index (χ3v) is 2.43. The number of alkyl halides is 5. The van der Waals surface area contributed by atoms with E-state index in [2.05, 4.69) is 9.15 Å². The average molecular weight is 308 g/mol. The van der Waals surface area contributed by atoms with E-state index in [0.29, 0.717) is 6.07 Å². The molecule has 0 aliphatic rings. The summed E-state index contributed by atoms with van der Waals surface area (Å²) in [5.74, 6) is -9.26. The highest BCUT2D eigenvalue weighted by molar-refractivity contribution is 5.88. The Kier molecular flexibility index (Phi) is 3.44. The number of ether oxygens (including phenoxy) is 1. The third kappa shape index (κ3) is 2.71. The van der Waals surface area contributed by atoms with Gasteiger partial charge in [-0.3, -0.25) is 0 Å². The summed E-state index contributed by atoms with van der Waals surface area (Å²) in [6.07, 6.45) is -6.10. The summed E-state index contributed by atoms with van der Waals surface area (Å²) in [4.78, 5) is 22.2. The lowest BCUT2D eigenvalue weighted by Gasteiger charge is -2.17. The van der Waals surface area contributed by atoms with Crippen LogP contribution < -0.4 is 10.4 Å². The monoisotopic (exact) mass is 308 g/mol. The lowest BCUT2D eigenvalue weighted by molar-refractivity contribution is -0.276. The Morgan fingerprint density at radius 3 is 2.33 bits per heavy atom. The number of rotatable bonds is 2. The van der Waals surface area contributed by atoms with Crippen LogP contribution in [0.5, 0.6) is 5.75 Å². The van der Waals surface area contributed by atoms with Crippen LogP contribution in [-0.4, -0.2) is 18.1 Å². The second-order valence-corrected chi connectivity index (χ2v) is 3.89. The highest BCUT2D eigenvalue weighted by Gasteiger charge is 2.65. The lowest BCUT2D eigenvalue weighted by atomic mass is 10.2. The second kappa shape index (κ2) is 4.83. The lowest BCUT2D eigenvalue weighted by Crippen LogP contribution is -2.46. The number of para-hydroxylation sites is 1. The van der Waals surface area contributed by atoms with Gasteiger partial charge in [-0.1, -0.05) is 12.1 Å². The minimum atomic E-state index is -6.10. The summed E-state index contributed by atoms with van der Waals surface area (Å²) in [6.45, 7) is 0. The standard InChI is InChI=1S/C12H5F5O4/c13-11(14,12(15,16)17)10(19)21-8-5-9(18)20-7-4-2-1-3-6(7)8/h1-5H. The predicted octanol–water partition coefficient (Wildman–Crippen LogP) is 2.90. The Bertz CT molecular complexity index is 747. The van der Waals surface area contributed by atoms with Gasteiger partial charge in [-0.15, -0.1) is 0 Å². The van der Waals surface area contributed by atoms with Crippen molar-refractivity contribution in [3.05, 3.63) is 40.8 Å².